The highest BCUT2D eigenvalue weighted by atomic mass is 19.1. The number of halogens is 1. The molecule has 0 unspecified atom stereocenters. The van der Waals surface area contributed by atoms with Gasteiger partial charge in [-0.25, -0.2) is 4.39 Å². The van der Waals surface area contributed by atoms with Crippen molar-refractivity contribution in [1.82, 2.24) is 10.1 Å². The number of rotatable bonds is 4. The van der Waals surface area contributed by atoms with Crippen LogP contribution in [0.4, 0.5) is 4.39 Å². The smallest absolute Gasteiger partial charge is 0.258 e. The van der Waals surface area contributed by atoms with E-state index < -0.39 is 0 Å². The first-order chi connectivity index (χ1) is 10.6. The summed E-state index contributed by atoms with van der Waals surface area (Å²) in [7, 11) is 0. The van der Waals surface area contributed by atoms with Crippen molar-refractivity contribution in [3.05, 3.63) is 65.2 Å². The zero-order valence-corrected chi connectivity index (χ0v) is 12.3. The molecule has 0 aliphatic rings. The van der Waals surface area contributed by atoms with Gasteiger partial charge in [-0.3, -0.25) is 0 Å². The van der Waals surface area contributed by atoms with E-state index in [1.807, 2.05) is 31.2 Å². The Bertz CT molecular complexity index is 799. The molecule has 0 saturated carbocycles. The molecule has 0 N–H and O–H groups in total. The molecular weight excluding hydrogens is 283 g/mol. The number of hydrogen-bond donors (Lipinski definition) is 0. The maximum absolute atomic E-state index is 13.2. The number of benzene rings is 2. The van der Waals surface area contributed by atoms with Gasteiger partial charge >= 0.3 is 0 Å². The fraction of sp³-hybridized carbons (Fsp3) is 0.176. The lowest BCUT2D eigenvalue weighted by Crippen LogP contribution is -1.98. The van der Waals surface area contributed by atoms with Crippen LogP contribution in [0.5, 0.6) is 5.75 Å². The predicted molar refractivity (Wildman–Crippen MR) is 79.9 cm³/mol. The van der Waals surface area contributed by atoms with Gasteiger partial charge in [0.2, 0.25) is 5.82 Å². The van der Waals surface area contributed by atoms with Crippen molar-refractivity contribution in [3.63, 3.8) is 0 Å². The monoisotopic (exact) mass is 298 g/mol. The first kappa shape index (κ1) is 14.3. The summed E-state index contributed by atoms with van der Waals surface area (Å²) in [4.78, 5) is 4.32. The van der Waals surface area contributed by atoms with Gasteiger partial charge in [-0.15, -0.1) is 0 Å². The third-order valence-corrected chi connectivity index (χ3v) is 3.34. The van der Waals surface area contributed by atoms with Gasteiger partial charge < -0.3 is 9.26 Å². The van der Waals surface area contributed by atoms with Gasteiger partial charge in [0.1, 0.15) is 11.6 Å². The normalized spacial score (nSPS) is 10.7. The van der Waals surface area contributed by atoms with Crippen LogP contribution >= 0.6 is 0 Å². The SMILES string of the molecule is Cc1cc(OCc2noc(-c3ccccc3C)n2)ccc1F. The number of aromatic nitrogens is 2. The predicted octanol–water partition coefficient (Wildman–Crippen LogP) is 4.07. The molecule has 5 heteroatoms. The van der Waals surface area contributed by atoms with Crippen LogP contribution in [0.2, 0.25) is 0 Å². The van der Waals surface area contributed by atoms with E-state index in [0.29, 0.717) is 23.0 Å². The van der Waals surface area contributed by atoms with Gasteiger partial charge in [0.25, 0.3) is 5.89 Å². The highest BCUT2D eigenvalue weighted by molar-refractivity contribution is 5.57. The molecule has 0 bridgehead atoms. The van der Waals surface area contributed by atoms with E-state index in [4.69, 9.17) is 9.26 Å². The molecule has 0 radical (unpaired) electrons. The first-order valence-electron chi connectivity index (χ1n) is 6.91. The maximum Gasteiger partial charge on any atom is 0.258 e. The van der Waals surface area contributed by atoms with Crippen LogP contribution < -0.4 is 4.74 Å². The van der Waals surface area contributed by atoms with Crippen LogP contribution in [0.1, 0.15) is 17.0 Å². The summed E-state index contributed by atoms with van der Waals surface area (Å²) in [5.41, 5.74) is 2.50. The van der Waals surface area contributed by atoms with Crippen molar-refractivity contribution in [2.45, 2.75) is 20.5 Å². The lowest BCUT2D eigenvalue weighted by Gasteiger charge is -2.04. The van der Waals surface area contributed by atoms with Crippen molar-refractivity contribution in [2.24, 2.45) is 0 Å². The Balaban J connectivity index is 1.72. The van der Waals surface area contributed by atoms with Crippen molar-refractivity contribution < 1.29 is 13.7 Å². The Labute approximate surface area is 127 Å². The first-order valence-corrected chi connectivity index (χ1v) is 6.91. The summed E-state index contributed by atoms with van der Waals surface area (Å²) in [5, 5.41) is 3.90. The number of hydrogen-bond acceptors (Lipinski definition) is 4. The second kappa shape index (κ2) is 5.97. The van der Waals surface area contributed by atoms with Gasteiger partial charge in [0, 0.05) is 5.56 Å². The maximum atomic E-state index is 13.2. The number of ether oxygens (including phenoxy) is 1. The molecule has 0 aliphatic carbocycles. The summed E-state index contributed by atoms with van der Waals surface area (Å²) in [6.07, 6.45) is 0. The molecule has 0 fully saturated rings. The van der Waals surface area contributed by atoms with Gasteiger partial charge in [-0.1, -0.05) is 23.4 Å². The van der Waals surface area contributed by atoms with E-state index in [2.05, 4.69) is 10.1 Å². The van der Waals surface area contributed by atoms with Crippen molar-refractivity contribution in [2.75, 3.05) is 0 Å². The molecule has 1 heterocycles. The fourth-order valence-electron chi connectivity index (χ4n) is 2.09. The van der Waals surface area contributed by atoms with Crippen LogP contribution in [0.3, 0.4) is 0 Å². The standard InChI is InChI=1S/C17H15FN2O2/c1-11-5-3-4-6-14(11)17-19-16(20-22-17)10-21-13-7-8-15(18)12(2)9-13/h3-9H,10H2,1-2H3. The Morgan fingerprint density at radius 1 is 1.09 bits per heavy atom. The molecule has 0 amide bonds. The molecule has 0 aliphatic heterocycles. The summed E-state index contributed by atoms with van der Waals surface area (Å²) >= 11 is 0. The Hall–Kier alpha value is -2.69. The Morgan fingerprint density at radius 3 is 2.68 bits per heavy atom. The van der Waals surface area contributed by atoms with E-state index >= 15 is 0 Å². The topological polar surface area (TPSA) is 48.2 Å². The summed E-state index contributed by atoms with van der Waals surface area (Å²) < 4.78 is 24.0. The highest BCUT2D eigenvalue weighted by Crippen LogP contribution is 2.22. The zero-order valence-electron chi connectivity index (χ0n) is 12.3. The molecule has 0 saturated heterocycles. The largest absolute Gasteiger partial charge is 0.485 e. The number of aryl methyl sites for hydroxylation is 2. The highest BCUT2D eigenvalue weighted by Gasteiger charge is 2.11. The second-order valence-corrected chi connectivity index (χ2v) is 5.03. The van der Waals surface area contributed by atoms with Crippen molar-refractivity contribution in [3.8, 4) is 17.2 Å². The minimum Gasteiger partial charge on any atom is -0.485 e. The van der Waals surface area contributed by atoms with Gasteiger partial charge in [0.05, 0.1) is 0 Å². The minimum atomic E-state index is -0.256. The van der Waals surface area contributed by atoms with Crippen LogP contribution in [0.25, 0.3) is 11.5 Å². The molecule has 0 spiro atoms. The van der Waals surface area contributed by atoms with Gasteiger partial charge in [-0.2, -0.15) is 4.98 Å². The summed E-state index contributed by atoms with van der Waals surface area (Å²) in [6.45, 7) is 3.84. The molecule has 22 heavy (non-hydrogen) atoms. The lowest BCUT2D eigenvalue weighted by molar-refractivity contribution is 0.286. The van der Waals surface area contributed by atoms with Crippen LogP contribution in [-0.4, -0.2) is 10.1 Å². The van der Waals surface area contributed by atoms with Gasteiger partial charge in [-0.05, 0) is 49.2 Å². The molecule has 1 aromatic heterocycles. The number of nitrogens with zero attached hydrogens (tertiary/aromatic N) is 2. The van der Waals surface area contributed by atoms with Crippen molar-refractivity contribution in [1.29, 1.82) is 0 Å². The molecule has 112 valence electrons. The van der Waals surface area contributed by atoms with E-state index in [0.717, 1.165) is 11.1 Å². The second-order valence-electron chi connectivity index (χ2n) is 5.03. The quantitative estimate of drug-likeness (QED) is 0.728. The fourth-order valence-corrected chi connectivity index (χ4v) is 2.09. The van der Waals surface area contributed by atoms with E-state index in [1.165, 1.54) is 6.07 Å². The molecule has 3 rings (SSSR count). The van der Waals surface area contributed by atoms with Crippen LogP contribution in [-0.2, 0) is 6.61 Å². The zero-order chi connectivity index (χ0) is 15.5. The van der Waals surface area contributed by atoms with Crippen molar-refractivity contribution >= 4 is 0 Å². The molecule has 3 aromatic rings. The lowest BCUT2D eigenvalue weighted by atomic mass is 10.1. The Kier molecular flexibility index (Phi) is 3.87. The summed E-state index contributed by atoms with van der Waals surface area (Å²) in [5.74, 6) is 1.22. The minimum absolute atomic E-state index is 0.167. The van der Waals surface area contributed by atoms with E-state index in [1.54, 1.807) is 19.1 Å². The Morgan fingerprint density at radius 2 is 1.91 bits per heavy atom. The van der Waals surface area contributed by atoms with Crippen LogP contribution in [0.15, 0.2) is 47.0 Å². The third-order valence-electron chi connectivity index (χ3n) is 3.34. The molecular formula is C17H15FN2O2. The average molecular weight is 298 g/mol. The molecule has 4 nitrogen and oxygen atoms in total. The van der Waals surface area contributed by atoms with E-state index in [-0.39, 0.29) is 12.4 Å². The average Bonchev–Trinajstić information content (AvgIpc) is 2.98. The van der Waals surface area contributed by atoms with Gasteiger partial charge in [0.15, 0.2) is 6.61 Å². The summed E-state index contributed by atoms with van der Waals surface area (Å²) in [6, 6.07) is 12.4. The van der Waals surface area contributed by atoms with E-state index in [9.17, 15) is 4.39 Å². The molecule has 2 aromatic carbocycles. The molecule has 0 atom stereocenters. The van der Waals surface area contributed by atoms with Crippen LogP contribution in [0, 0.1) is 19.7 Å². The third kappa shape index (κ3) is 2.98.